The van der Waals surface area contributed by atoms with E-state index in [1.807, 2.05) is 0 Å². The minimum atomic E-state index is -2.38. The fourth-order valence-electron chi connectivity index (χ4n) is 0.264. The molecule has 0 aromatic rings. The molecule has 0 rings (SSSR count). The molecule has 0 saturated carbocycles. The second-order valence-electron chi connectivity index (χ2n) is 2.08. The van der Waals surface area contributed by atoms with Crippen LogP contribution in [0.25, 0.3) is 0 Å². The van der Waals surface area contributed by atoms with Crippen LogP contribution in [0.2, 0.25) is 0 Å². The number of aliphatic hydroxyl groups excluding tert-OH is 2. The average Bonchev–Trinajstić information content (AvgIpc) is 2.13. The van der Waals surface area contributed by atoms with E-state index in [1.54, 1.807) is 0 Å². The molecule has 0 spiro atoms. The number of aliphatic carboxylic acids is 2. The van der Waals surface area contributed by atoms with E-state index >= 15 is 0 Å². The molecule has 2 atom stereocenters. The van der Waals surface area contributed by atoms with Gasteiger partial charge in [0.1, 0.15) is 6.10 Å². The van der Waals surface area contributed by atoms with Crippen LogP contribution >= 0.6 is 0 Å². The van der Waals surface area contributed by atoms with Crippen LogP contribution in [0.1, 0.15) is 0 Å². The SMILES string of the molecule is O=C([O-])C(O)C(O)C(=O)O.O=C([O-])O.O=C([O-])O.[K+].[K+].[Na+]. The predicted octanol–water partition coefficient (Wildman–Crippen LogP) is -14.7. The number of aliphatic hydroxyl groups is 2. The normalized spacial score (nSPS) is 9.81. The van der Waals surface area contributed by atoms with Gasteiger partial charge in [0.2, 0.25) is 12.3 Å². The first-order chi connectivity index (χ1) is 7.93. The molecule has 0 saturated heterocycles. The summed E-state index contributed by atoms with van der Waals surface area (Å²) in [6, 6.07) is 0. The Morgan fingerprint density at radius 2 is 0.905 bits per heavy atom. The van der Waals surface area contributed by atoms with Crippen LogP contribution in [0.4, 0.5) is 9.59 Å². The molecule has 0 fully saturated rings. The molecule has 0 heterocycles. The van der Waals surface area contributed by atoms with Gasteiger partial charge >= 0.3 is 138 Å². The number of rotatable bonds is 3. The second-order valence-corrected chi connectivity index (χ2v) is 2.08. The van der Waals surface area contributed by atoms with E-state index in [1.165, 1.54) is 0 Å². The van der Waals surface area contributed by atoms with Crippen LogP contribution in [-0.2, 0) is 9.59 Å². The summed E-state index contributed by atoms with van der Waals surface area (Å²) < 4.78 is 0. The second kappa shape index (κ2) is 23.9. The molecule has 0 aromatic heterocycles. The number of carboxylic acids is 2. The van der Waals surface area contributed by atoms with E-state index in [4.69, 9.17) is 45.3 Å². The zero-order valence-corrected chi connectivity index (χ0v) is 19.5. The Labute approximate surface area is 224 Å². The van der Waals surface area contributed by atoms with E-state index in [-0.39, 0.29) is 132 Å². The summed E-state index contributed by atoms with van der Waals surface area (Å²) in [6.07, 6.45) is -8.87. The Morgan fingerprint density at radius 1 is 0.714 bits per heavy atom. The topological polar surface area (TPSA) is 239 Å². The van der Waals surface area contributed by atoms with E-state index in [9.17, 15) is 14.7 Å². The summed E-state index contributed by atoms with van der Waals surface area (Å²) in [5, 5.41) is 64.7. The maximum Gasteiger partial charge on any atom is 1.00 e. The molecule has 5 N–H and O–H groups in total. The minimum absolute atomic E-state index is 0. The van der Waals surface area contributed by atoms with Gasteiger partial charge < -0.3 is 55.2 Å². The van der Waals surface area contributed by atoms with E-state index in [2.05, 4.69) is 0 Å². The first-order valence-electron chi connectivity index (χ1n) is 3.53. The van der Waals surface area contributed by atoms with Crippen molar-refractivity contribution in [2.75, 3.05) is 0 Å². The summed E-state index contributed by atoms with van der Waals surface area (Å²) in [5.74, 6) is -3.83. The molecule has 2 unspecified atom stereocenters. The molecular formula is C6H7K2NaO12. The maximum atomic E-state index is 9.74. The standard InChI is InChI=1S/C4H6O6.2CH2O3.2K.Na/c5-1(3(7)8)2(6)4(9)10;2*2-1(3)4;;;/h1-2,5-6H,(H,7,8)(H,9,10);2*(H2,2,3,4);;;/q;;;3*+1/p-3. The Bertz CT molecular complexity index is 272. The van der Waals surface area contributed by atoms with E-state index < -0.39 is 36.5 Å². The summed E-state index contributed by atoms with van der Waals surface area (Å²) in [7, 11) is 0. The van der Waals surface area contributed by atoms with Crippen LogP contribution in [0.3, 0.4) is 0 Å². The smallest absolute Gasteiger partial charge is 0.565 e. The van der Waals surface area contributed by atoms with Crippen LogP contribution in [0.5, 0.6) is 0 Å². The average molecular weight is 372 g/mol. The van der Waals surface area contributed by atoms with Crippen LogP contribution < -0.4 is 148 Å². The van der Waals surface area contributed by atoms with Gasteiger partial charge in [-0.2, -0.15) is 0 Å². The third-order valence-electron chi connectivity index (χ3n) is 0.794. The molecule has 21 heavy (non-hydrogen) atoms. The van der Waals surface area contributed by atoms with Gasteiger partial charge in [-0.3, -0.25) is 0 Å². The molecule has 0 aliphatic rings. The Hall–Kier alpha value is 1.67. The van der Waals surface area contributed by atoms with E-state index in [0.29, 0.717) is 0 Å². The Kier molecular flexibility index (Phi) is 43.7. The van der Waals surface area contributed by atoms with Crippen molar-refractivity contribution in [3.8, 4) is 0 Å². The first-order valence-corrected chi connectivity index (χ1v) is 3.53. The fourth-order valence-corrected chi connectivity index (χ4v) is 0.264. The molecule has 12 nitrogen and oxygen atoms in total. The van der Waals surface area contributed by atoms with Crippen LogP contribution in [-0.4, -0.2) is 62.0 Å². The predicted molar refractivity (Wildman–Crippen MR) is 40.7 cm³/mol. The zero-order chi connectivity index (χ0) is 15.5. The summed E-state index contributed by atoms with van der Waals surface area (Å²) >= 11 is 0. The quantitative estimate of drug-likeness (QED) is 0.290. The molecule has 0 bridgehead atoms. The van der Waals surface area contributed by atoms with Crippen molar-refractivity contribution in [1.82, 2.24) is 0 Å². The molecular weight excluding hydrogens is 365 g/mol. The number of carboxylic acid groups (broad SMARTS) is 6. The summed E-state index contributed by atoms with van der Waals surface area (Å²) in [5.41, 5.74) is 0. The van der Waals surface area contributed by atoms with Crippen molar-refractivity contribution in [2.24, 2.45) is 0 Å². The molecule has 0 aromatic carbocycles. The molecule has 0 radical (unpaired) electrons. The van der Waals surface area contributed by atoms with Crippen molar-refractivity contribution >= 4 is 24.2 Å². The van der Waals surface area contributed by atoms with Crippen molar-refractivity contribution in [3.63, 3.8) is 0 Å². The van der Waals surface area contributed by atoms with Gasteiger partial charge in [-0.05, 0) is 0 Å². The van der Waals surface area contributed by atoms with Crippen molar-refractivity contribution < 1.29 is 192 Å². The van der Waals surface area contributed by atoms with Gasteiger partial charge in [0.05, 0.1) is 5.97 Å². The Morgan fingerprint density at radius 3 is 0.952 bits per heavy atom. The van der Waals surface area contributed by atoms with Gasteiger partial charge in [-0.25, -0.2) is 4.79 Å². The van der Waals surface area contributed by atoms with Crippen molar-refractivity contribution in [1.29, 1.82) is 0 Å². The number of hydrogen-bond acceptors (Lipinski definition) is 9. The molecule has 0 amide bonds. The van der Waals surface area contributed by atoms with Crippen molar-refractivity contribution in [2.45, 2.75) is 12.2 Å². The van der Waals surface area contributed by atoms with Gasteiger partial charge in [-0.15, -0.1) is 0 Å². The molecule has 0 aliphatic carbocycles. The number of carbonyl (C=O) groups excluding carboxylic acids is 1. The number of hydrogen-bond donors (Lipinski definition) is 5. The van der Waals surface area contributed by atoms with Gasteiger partial charge in [-0.1, -0.05) is 0 Å². The van der Waals surface area contributed by atoms with Crippen LogP contribution in [0, 0.1) is 0 Å². The summed E-state index contributed by atoms with van der Waals surface area (Å²) in [4.78, 5) is 36.3. The molecule has 15 heteroatoms. The van der Waals surface area contributed by atoms with Crippen molar-refractivity contribution in [3.05, 3.63) is 0 Å². The maximum absolute atomic E-state index is 9.74. The number of carbonyl (C=O) groups is 4. The van der Waals surface area contributed by atoms with Gasteiger partial charge in [0.25, 0.3) is 0 Å². The van der Waals surface area contributed by atoms with Crippen LogP contribution in [0.15, 0.2) is 0 Å². The zero-order valence-electron chi connectivity index (χ0n) is 11.2. The third-order valence-corrected chi connectivity index (χ3v) is 0.794. The molecule has 106 valence electrons. The van der Waals surface area contributed by atoms with Gasteiger partial charge in [0.15, 0.2) is 6.10 Å². The fraction of sp³-hybridized carbons (Fsp3) is 0.333. The minimum Gasteiger partial charge on any atom is -0.565 e. The van der Waals surface area contributed by atoms with Gasteiger partial charge in [0, 0.05) is 0 Å². The first kappa shape index (κ1) is 38.3. The Balaban J connectivity index is -0.0000000439. The van der Waals surface area contributed by atoms with E-state index in [0.717, 1.165) is 0 Å². The monoisotopic (exact) mass is 372 g/mol. The third kappa shape index (κ3) is 44.9. The largest absolute Gasteiger partial charge is 1.00 e. The molecule has 0 aliphatic heterocycles. The summed E-state index contributed by atoms with van der Waals surface area (Å²) in [6.45, 7) is 0.